The average molecular weight is 1870 g/mol. The van der Waals surface area contributed by atoms with Crippen molar-refractivity contribution in [3.63, 3.8) is 0 Å². The van der Waals surface area contributed by atoms with E-state index in [-0.39, 0.29) is 133 Å². The van der Waals surface area contributed by atoms with E-state index in [1.165, 1.54) is 14.7 Å². The number of carbonyl (C=O) groups is 3. The van der Waals surface area contributed by atoms with Gasteiger partial charge in [-0.3, -0.25) is 29.1 Å². The minimum atomic E-state index is -1.09. The summed E-state index contributed by atoms with van der Waals surface area (Å²) in [6.07, 6.45) is 3.57. The first-order valence-electron chi connectivity index (χ1n) is 45.4. The second-order valence-electron chi connectivity index (χ2n) is 36.2. The third-order valence-electron chi connectivity index (χ3n) is 28.1. The summed E-state index contributed by atoms with van der Waals surface area (Å²) in [6.45, 7) is 18.0. The number of nitrogens with zero attached hydrogens (tertiary/aromatic N) is 21. The van der Waals surface area contributed by atoms with Gasteiger partial charge in [-0.15, -0.1) is 0 Å². The van der Waals surface area contributed by atoms with Crippen LogP contribution in [0.3, 0.4) is 0 Å². The Kier molecular flexibility index (Phi) is 27.1. The maximum atomic E-state index is 14.7. The number of fused-ring (bicyclic) bond motifs is 6. The second kappa shape index (κ2) is 39.3. The first kappa shape index (κ1) is 91.6. The van der Waals surface area contributed by atoms with Crippen LogP contribution in [0.5, 0.6) is 18.0 Å². The molecule has 0 bridgehead atoms. The maximum absolute atomic E-state index is 14.7. The number of hydrogen-bond donors (Lipinski definition) is 0. The molecule has 18 rings (SSSR count). The fraction of sp³-hybridized carbons (Fsp3) is 0.449. The number of nitriles is 3. The SMILES string of the molecule is C=C(F)C(=O)N1CCN(c2nc(OC[C@@H]3CC(c4cc(N5CCc6c(nc(OC[C@H]7C[C@@H](OCc8ccc(N9CCc%10c(nc(OC[C@@H]%11C[C@@H](OC)CN%11C)nc%10N%10CCN(C(=O)C(=C)F)[C@@H](CC#N)C%10)C9)c9c(Cl)cccc89)CN7C)nc6N6CCN(C(=O)C(=C)F)[C@@H](CC#N)C6)C5)c5c(Cl)cccc5c4)N(C)C3)nc3c2CCN(c2cccc4cccc(Cl)c24)C3)C[C@@H]1CC#N. The van der Waals surface area contributed by atoms with Gasteiger partial charge in [0.2, 0.25) is 0 Å². The molecular weight excluding hydrogens is 1760 g/mol. The Bertz CT molecular complexity index is 6200. The van der Waals surface area contributed by atoms with E-state index in [1.807, 2.05) is 68.7 Å². The highest BCUT2D eigenvalue weighted by Gasteiger charge is 2.43. The van der Waals surface area contributed by atoms with E-state index in [9.17, 15) is 43.3 Å². The smallest absolute Gasteiger partial charge is 0.318 e. The molecule has 6 saturated heterocycles. The van der Waals surface area contributed by atoms with E-state index in [4.69, 9.17) is 88.4 Å². The van der Waals surface area contributed by atoms with Crippen molar-refractivity contribution in [3.05, 3.63) is 194 Å². The Morgan fingerprint density at radius 2 is 0.865 bits per heavy atom. The Morgan fingerprint density at radius 3 is 1.33 bits per heavy atom. The van der Waals surface area contributed by atoms with Crippen LogP contribution >= 0.6 is 34.8 Å². The number of halogens is 6. The van der Waals surface area contributed by atoms with Crippen LogP contribution in [0.4, 0.5) is 47.7 Å². The molecule has 35 heteroatoms. The second-order valence-corrected chi connectivity index (χ2v) is 37.4. The summed E-state index contributed by atoms with van der Waals surface area (Å²) >= 11 is 21.6. The zero-order valence-corrected chi connectivity index (χ0v) is 77.2. The third kappa shape index (κ3) is 18.9. The van der Waals surface area contributed by atoms with E-state index >= 15 is 0 Å². The van der Waals surface area contributed by atoms with Gasteiger partial charge in [-0.05, 0) is 129 Å². The lowest BCUT2D eigenvalue weighted by Gasteiger charge is -2.42. The largest absolute Gasteiger partial charge is 0.463 e. The minimum Gasteiger partial charge on any atom is -0.463 e. The fourth-order valence-corrected chi connectivity index (χ4v) is 22.1. The van der Waals surface area contributed by atoms with E-state index in [0.29, 0.717) is 137 Å². The topological polar surface area (TPSA) is 285 Å². The summed E-state index contributed by atoms with van der Waals surface area (Å²) in [6, 6.07) is 37.8. The molecule has 0 spiro atoms. The number of rotatable bonds is 26. The summed E-state index contributed by atoms with van der Waals surface area (Å²) in [5.41, 5.74) is 9.89. The molecule has 0 saturated carbocycles. The highest BCUT2D eigenvalue weighted by molar-refractivity contribution is 6.38. The first-order valence-corrected chi connectivity index (χ1v) is 46.5. The minimum absolute atomic E-state index is 0.00790. The summed E-state index contributed by atoms with van der Waals surface area (Å²) in [7, 11) is 7.93. The molecule has 692 valence electrons. The van der Waals surface area contributed by atoms with Crippen LogP contribution in [-0.2, 0) is 69.4 Å². The Morgan fingerprint density at radius 1 is 0.444 bits per heavy atom. The number of hydrogen-bond acceptors (Lipinski definition) is 26. The number of aromatic nitrogens is 6. The molecule has 29 nitrogen and oxygen atoms in total. The van der Waals surface area contributed by atoms with E-state index in [0.717, 1.165) is 114 Å². The summed E-state index contributed by atoms with van der Waals surface area (Å²) < 4.78 is 76.3. The van der Waals surface area contributed by atoms with Crippen molar-refractivity contribution < 1.29 is 51.2 Å². The number of carbonyl (C=O) groups excluding carboxylic acids is 3. The summed E-state index contributed by atoms with van der Waals surface area (Å²) in [5.74, 6) is -3.78. The lowest BCUT2D eigenvalue weighted by Crippen LogP contribution is -2.55. The number of ether oxygens (including phenoxy) is 5. The molecule has 1 unspecified atom stereocenters. The quantitative estimate of drug-likeness (QED) is 0.0455. The van der Waals surface area contributed by atoms with Crippen LogP contribution in [0.15, 0.2) is 134 Å². The molecule has 0 aliphatic carbocycles. The maximum Gasteiger partial charge on any atom is 0.318 e. The zero-order valence-electron chi connectivity index (χ0n) is 74.9. The Balaban J connectivity index is 0.578. The van der Waals surface area contributed by atoms with Crippen molar-refractivity contribution in [1.82, 2.24) is 59.3 Å². The molecule has 12 heterocycles. The number of anilines is 6. The fourth-order valence-electron chi connectivity index (χ4n) is 21.3. The predicted octanol–water partition coefficient (Wildman–Crippen LogP) is 13.2. The molecule has 9 atom stereocenters. The van der Waals surface area contributed by atoms with Gasteiger partial charge in [0, 0.05) is 179 Å². The van der Waals surface area contributed by atoms with Crippen molar-refractivity contribution in [2.75, 3.05) is 176 Å². The highest BCUT2D eigenvalue weighted by Crippen LogP contribution is 2.47. The van der Waals surface area contributed by atoms with Crippen molar-refractivity contribution in [3.8, 4) is 36.2 Å². The van der Waals surface area contributed by atoms with Gasteiger partial charge >= 0.3 is 18.0 Å². The van der Waals surface area contributed by atoms with Crippen molar-refractivity contribution in [2.24, 2.45) is 5.92 Å². The van der Waals surface area contributed by atoms with Crippen LogP contribution in [0, 0.1) is 39.9 Å². The van der Waals surface area contributed by atoms with Gasteiger partial charge in [0.15, 0.2) is 17.5 Å². The monoisotopic (exact) mass is 1870 g/mol. The number of amides is 3. The van der Waals surface area contributed by atoms with Gasteiger partial charge in [0.1, 0.15) is 30.7 Å². The predicted molar refractivity (Wildman–Crippen MR) is 503 cm³/mol. The molecule has 9 aliphatic rings. The lowest BCUT2D eigenvalue weighted by molar-refractivity contribution is -0.132. The molecule has 9 aliphatic heterocycles. The van der Waals surface area contributed by atoms with Gasteiger partial charge < -0.3 is 67.8 Å². The van der Waals surface area contributed by atoms with Gasteiger partial charge in [0.05, 0.1) is 133 Å². The molecule has 0 N–H and O–H groups in total. The average Bonchev–Trinajstić information content (AvgIpc) is 1.58. The first-order chi connectivity index (χ1) is 64.4. The van der Waals surface area contributed by atoms with Crippen molar-refractivity contribution >= 4 is 119 Å². The van der Waals surface area contributed by atoms with Gasteiger partial charge in [0.25, 0.3) is 17.7 Å². The number of likely N-dealkylation sites (N-methyl/N-ethyl adjacent to an activating group) is 2. The van der Waals surface area contributed by atoms with E-state index in [2.05, 4.69) is 132 Å². The standard InChI is InChI=1S/C98H105Cl3F3N21O8/c1-58(102)93(126)123-37-34-120(46-66(123)22-28-105)90-74-25-31-117(83-19-10-13-62-12-8-16-77(99)87(62)83)51-80(74)108-96(111-90)131-54-61-40-85(116(6)45-61)65-41-63-14-9-17-78(100)88(63)86(42-65)119-33-27-76-82(53-119)110-98(113-92(76)122-36-39-125(95(128)60(3)104)68(48-122)24-30-107)133-57-70-44-72(50-115(70)5)130-55-64-20-21-84(89-73(64)15-11-18-79(89)101)118-32-26-75-81(52-118)109-97(132-56-69-43-71(129-7)49-114(69)4)112-91(75)121-35-38-124(94(127)59(2)103)67(47-121)23-29-106/h8-21,41-42,61,66-72,85H,1-3,22-27,31-40,43-57H2,4-7H3/t61-,66+,67+,68+,69+,70-,71-,72-,85?/m1/s1. The van der Waals surface area contributed by atoms with Gasteiger partial charge in [-0.25, -0.2) is 13.2 Å². The van der Waals surface area contributed by atoms with Gasteiger partial charge in [-0.1, -0.05) is 109 Å². The van der Waals surface area contributed by atoms with Crippen LogP contribution in [0.2, 0.25) is 15.1 Å². The summed E-state index contributed by atoms with van der Waals surface area (Å²) in [4.78, 5) is 94.5. The Labute approximate surface area is 785 Å². The Hall–Kier alpha value is -11.9. The number of benzene rings is 6. The van der Waals surface area contributed by atoms with Crippen molar-refractivity contribution in [2.45, 2.75) is 132 Å². The molecule has 6 aromatic carbocycles. The number of methoxy groups -OCH3 is 1. The summed E-state index contributed by atoms with van der Waals surface area (Å²) in [5, 5.41) is 37.4. The highest BCUT2D eigenvalue weighted by atomic mass is 35.5. The zero-order chi connectivity index (χ0) is 92.7. The number of likely N-dealkylation sites (tertiary alicyclic amines) is 3. The van der Waals surface area contributed by atoms with Crippen molar-refractivity contribution in [1.29, 1.82) is 15.8 Å². The molecule has 3 aromatic heterocycles. The van der Waals surface area contributed by atoms with Crippen LogP contribution < -0.4 is 43.6 Å². The van der Waals surface area contributed by atoms with E-state index < -0.39 is 53.3 Å². The molecule has 133 heavy (non-hydrogen) atoms. The van der Waals surface area contributed by atoms with E-state index in [1.54, 1.807) is 7.11 Å². The number of piperazine rings is 3. The third-order valence-corrected chi connectivity index (χ3v) is 29.0. The molecule has 9 aromatic rings. The van der Waals surface area contributed by atoms with Gasteiger partial charge in [-0.2, -0.15) is 45.7 Å². The van der Waals surface area contributed by atoms with Crippen LogP contribution in [0.1, 0.15) is 89.5 Å². The molecule has 0 radical (unpaired) electrons. The molecular formula is C98H105Cl3F3N21O8. The normalized spacial score (nSPS) is 22.4. The van der Waals surface area contributed by atoms with Crippen LogP contribution in [-0.4, -0.2) is 266 Å². The molecule has 6 fully saturated rings. The van der Waals surface area contributed by atoms with Crippen LogP contribution in [0.25, 0.3) is 32.3 Å². The molecule has 3 amide bonds. The lowest BCUT2D eigenvalue weighted by atomic mass is 9.95.